The molecule has 5 nitrogen and oxygen atoms in total. The zero-order chi connectivity index (χ0) is 12.1. The van der Waals surface area contributed by atoms with Gasteiger partial charge in [-0.05, 0) is 12.1 Å². The van der Waals surface area contributed by atoms with E-state index in [1.807, 2.05) is 6.07 Å². The van der Waals surface area contributed by atoms with Crippen molar-refractivity contribution in [2.45, 2.75) is 6.54 Å². The molecule has 0 bridgehead atoms. The molecule has 90 valence electrons. The number of aromatic nitrogens is 1. The number of anilines is 1. The first kappa shape index (κ1) is 12.1. The Kier molecular flexibility index (Phi) is 4.13. The number of carbonyl (C=O) groups excluding carboxylic acids is 1. The SMILES string of the molecule is O=C(CNCc1ccco1)Nc1ncc(Cl)s1. The van der Waals surface area contributed by atoms with Crippen LogP contribution in [0.15, 0.2) is 29.0 Å². The van der Waals surface area contributed by atoms with E-state index < -0.39 is 0 Å². The van der Waals surface area contributed by atoms with Gasteiger partial charge >= 0.3 is 0 Å². The van der Waals surface area contributed by atoms with E-state index in [0.717, 1.165) is 5.76 Å². The molecule has 0 saturated heterocycles. The van der Waals surface area contributed by atoms with Gasteiger partial charge in [0.05, 0.1) is 25.5 Å². The Morgan fingerprint density at radius 3 is 3.12 bits per heavy atom. The van der Waals surface area contributed by atoms with E-state index in [0.29, 0.717) is 16.0 Å². The normalized spacial score (nSPS) is 10.4. The Balaban J connectivity index is 1.71. The molecule has 0 aliphatic heterocycles. The average Bonchev–Trinajstić information content (AvgIpc) is 2.90. The number of hydrogen-bond acceptors (Lipinski definition) is 5. The Bertz CT molecular complexity index is 483. The van der Waals surface area contributed by atoms with Crippen LogP contribution in [0.3, 0.4) is 0 Å². The molecule has 7 heteroatoms. The Morgan fingerprint density at radius 1 is 1.59 bits per heavy atom. The second-order valence-corrected chi connectivity index (χ2v) is 4.86. The topological polar surface area (TPSA) is 67.2 Å². The quantitative estimate of drug-likeness (QED) is 0.874. The van der Waals surface area contributed by atoms with Gasteiger partial charge in [-0.3, -0.25) is 4.79 Å². The summed E-state index contributed by atoms with van der Waals surface area (Å²) in [5, 5.41) is 6.09. The number of hydrogen-bond donors (Lipinski definition) is 2. The minimum absolute atomic E-state index is 0.164. The fourth-order valence-electron chi connectivity index (χ4n) is 1.19. The van der Waals surface area contributed by atoms with Crippen LogP contribution in [0.25, 0.3) is 0 Å². The highest BCUT2D eigenvalue weighted by molar-refractivity contribution is 7.19. The van der Waals surface area contributed by atoms with Crippen LogP contribution in [0.2, 0.25) is 4.34 Å². The zero-order valence-electron chi connectivity index (χ0n) is 8.77. The molecule has 0 spiro atoms. The molecule has 0 fully saturated rings. The van der Waals surface area contributed by atoms with Gasteiger partial charge in [0.2, 0.25) is 5.91 Å². The number of halogens is 1. The predicted octanol–water partition coefficient (Wildman–Crippen LogP) is 2.12. The van der Waals surface area contributed by atoms with Gasteiger partial charge in [0, 0.05) is 0 Å². The van der Waals surface area contributed by atoms with Gasteiger partial charge in [-0.15, -0.1) is 0 Å². The molecule has 0 unspecified atom stereocenters. The molecule has 2 aromatic heterocycles. The lowest BCUT2D eigenvalue weighted by Gasteiger charge is -2.02. The average molecular weight is 272 g/mol. The lowest BCUT2D eigenvalue weighted by atomic mass is 10.4. The minimum atomic E-state index is -0.164. The summed E-state index contributed by atoms with van der Waals surface area (Å²) < 4.78 is 5.66. The third-order valence-corrected chi connectivity index (χ3v) is 2.92. The van der Waals surface area contributed by atoms with Crippen LogP contribution in [0, 0.1) is 0 Å². The van der Waals surface area contributed by atoms with Gasteiger partial charge in [0.1, 0.15) is 10.1 Å². The first-order valence-electron chi connectivity index (χ1n) is 4.88. The van der Waals surface area contributed by atoms with Crippen LogP contribution in [0.5, 0.6) is 0 Å². The summed E-state index contributed by atoms with van der Waals surface area (Å²) in [5.41, 5.74) is 0. The third kappa shape index (κ3) is 3.85. The fourth-order valence-corrected chi connectivity index (χ4v) is 2.02. The summed E-state index contributed by atoms with van der Waals surface area (Å²) >= 11 is 6.92. The van der Waals surface area contributed by atoms with Crippen LogP contribution in [-0.2, 0) is 11.3 Å². The van der Waals surface area contributed by atoms with E-state index >= 15 is 0 Å². The molecule has 2 heterocycles. The van der Waals surface area contributed by atoms with Crippen molar-refractivity contribution in [2.24, 2.45) is 0 Å². The van der Waals surface area contributed by atoms with Crippen LogP contribution >= 0.6 is 22.9 Å². The second kappa shape index (κ2) is 5.81. The minimum Gasteiger partial charge on any atom is -0.468 e. The maximum absolute atomic E-state index is 11.5. The van der Waals surface area contributed by atoms with Gasteiger partial charge in [-0.2, -0.15) is 0 Å². The van der Waals surface area contributed by atoms with Crippen molar-refractivity contribution in [3.8, 4) is 0 Å². The van der Waals surface area contributed by atoms with E-state index in [-0.39, 0.29) is 12.5 Å². The van der Waals surface area contributed by atoms with Crippen LogP contribution in [-0.4, -0.2) is 17.4 Å². The lowest BCUT2D eigenvalue weighted by molar-refractivity contribution is -0.115. The summed E-state index contributed by atoms with van der Waals surface area (Å²) in [4.78, 5) is 15.4. The van der Waals surface area contributed by atoms with Gasteiger partial charge < -0.3 is 15.1 Å². The van der Waals surface area contributed by atoms with Crippen molar-refractivity contribution >= 4 is 34.0 Å². The largest absolute Gasteiger partial charge is 0.468 e. The lowest BCUT2D eigenvalue weighted by Crippen LogP contribution is -2.27. The molecule has 2 aromatic rings. The zero-order valence-corrected chi connectivity index (χ0v) is 10.3. The van der Waals surface area contributed by atoms with Crippen LogP contribution < -0.4 is 10.6 Å². The molecule has 0 aliphatic carbocycles. The number of furan rings is 1. The summed E-state index contributed by atoms with van der Waals surface area (Å²) in [6.45, 7) is 0.705. The molecule has 0 aliphatic rings. The molecule has 2 N–H and O–H groups in total. The van der Waals surface area contributed by atoms with Crippen molar-refractivity contribution in [1.29, 1.82) is 0 Å². The number of thiazole rings is 1. The molecule has 17 heavy (non-hydrogen) atoms. The number of nitrogens with one attached hydrogen (secondary N) is 2. The monoisotopic (exact) mass is 271 g/mol. The first-order valence-corrected chi connectivity index (χ1v) is 6.08. The fraction of sp³-hybridized carbons (Fsp3) is 0.200. The van der Waals surface area contributed by atoms with Crippen LogP contribution in [0.4, 0.5) is 5.13 Å². The van der Waals surface area contributed by atoms with Crippen molar-refractivity contribution in [2.75, 3.05) is 11.9 Å². The van der Waals surface area contributed by atoms with Crippen molar-refractivity contribution in [1.82, 2.24) is 10.3 Å². The van der Waals surface area contributed by atoms with E-state index in [1.165, 1.54) is 17.5 Å². The molecule has 0 aromatic carbocycles. The molecule has 2 rings (SSSR count). The highest BCUT2D eigenvalue weighted by Crippen LogP contribution is 2.22. The maximum atomic E-state index is 11.5. The Hall–Kier alpha value is -1.37. The van der Waals surface area contributed by atoms with Gasteiger partial charge in [0.25, 0.3) is 0 Å². The highest BCUT2D eigenvalue weighted by atomic mass is 35.5. The number of rotatable bonds is 5. The summed E-state index contributed by atoms with van der Waals surface area (Å²) in [7, 11) is 0. The standard InChI is InChI=1S/C10H10ClN3O2S/c11-8-5-13-10(17-8)14-9(15)6-12-4-7-2-1-3-16-7/h1-3,5,12H,4,6H2,(H,13,14,15). The van der Waals surface area contributed by atoms with E-state index in [9.17, 15) is 4.79 Å². The maximum Gasteiger partial charge on any atom is 0.240 e. The van der Waals surface area contributed by atoms with E-state index in [4.69, 9.17) is 16.0 Å². The Labute approximate surface area is 107 Å². The molecule has 0 saturated carbocycles. The van der Waals surface area contributed by atoms with Gasteiger partial charge in [0.15, 0.2) is 5.13 Å². The summed E-state index contributed by atoms with van der Waals surface area (Å²) in [5.74, 6) is 0.623. The predicted molar refractivity (Wildman–Crippen MR) is 66.2 cm³/mol. The summed E-state index contributed by atoms with van der Waals surface area (Å²) in [6.07, 6.45) is 3.09. The molecular formula is C10H10ClN3O2S. The van der Waals surface area contributed by atoms with Crippen molar-refractivity contribution in [3.63, 3.8) is 0 Å². The van der Waals surface area contributed by atoms with Gasteiger partial charge in [-0.25, -0.2) is 4.98 Å². The smallest absolute Gasteiger partial charge is 0.240 e. The highest BCUT2D eigenvalue weighted by Gasteiger charge is 2.05. The van der Waals surface area contributed by atoms with Crippen molar-refractivity contribution in [3.05, 3.63) is 34.7 Å². The number of nitrogens with zero attached hydrogens (tertiary/aromatic N) is 1. The molecule has 0 radical (unpaired) electrons. The van der Waals surface area contributed by atoms with E-state index in [1.54, 1.807) is 12.3 Å². The molecule has 0 atom stereocenters. The second-order valence-electron chi connectivity index (χ2n) is 3.20. The Morgan fingerprint density at radius 2 is 2.47 bits per heavy atom. The molecule has 1 amide bonds. The molecular weight excluding hydrogens is 262 g/mol. The van der Waals surface area contributed by atoms with Crippen LogP contribution in [0.1, 0.15) is 5.76 Å². The first-order chi connectivity index (χ1) is 8.24. The third-order valence-electron chi connectivity index (χ3n) is 1.89. The number of amides is 1. The summed E-state index contributed by atoms with van der Waals surface area (Å²) in [6, 6.07) is 3.64. The van der Waals surface area contributed by atoms with Crippen molar-refractivity contribution < 1.29 is 9.21 Å². The van der Waals surface area contributed by atoms with Gasteiger partial charge in [-0.1, -0.05) is 22.9 Å². The van der Waals surface area contributed by atoms with E-state index in [2.05, 4.69) is 15.6 Å². The number of carbonyl (C=O) groups is 1.